The standard InChI is InChI=1S/C15H17N5OS/c1-2-6-11(7-3-1)20-15(17-18-19-20)22-10-14-16-12-8-4-5-9-13(12)21-14/h4-5,8-9,11H,1-3,6-7,10H2. The van der Waals surface area contributed by atoms with Gasteiger partial charge >= 0.3 is 0 Å². The van der Waals surface area contributed by atoms with E-state index in [1.807, 2.05) is 28.9 Å². The van der Waals surface area contributed by atoms with Crippen molar-refractivity contribution < 1.29 is 4.42 Å². The minimum atomic E-state index is 0.440. The van der Waals surface area contributed by atoms with E-state index in [9.17, 15) is 0 Å². The zero-order valence-electron chi connectivity index (χ0n) is 12.2. The van der Waals surface area contributed by atoms with Gasteiger partial charge in [-0.1, -0.05) is 43.2 Å². The van der Waals surface area contributed by atoms with Crippen LogP contribution in [0.4, 0.5) is 0 Å². The lowest BCUT2D eigenvalue weighted by atomic mass is 9.96. The molecule has 4 rings (SSSR count). The highest BCUT2D eigenvalue weighted by Crippen LogP contribution is 2.31. The van der Waals surface area contributed by atoms with Crippen LogP contribution in [0.1, 0.15) is 44.0 Å². The molecule has 1 fully saturated rings. The first-order valence-electron chi connectivity index (χ1n) is 7.65. The average Bonchev–Trinajstić information content (AvgIpc) is 3.20. The number of aromatic nitrogens is 5. The minimum absolute atomic E-state index is 0.440. The summed E-state index contributed by atoms with van der Waals surface area (Å²) in [6, 6.07) is 8.25. The molecule has 114 valence electrons. The van der Waals surface area contributed by atoms with Crippen molar-refractivity contribution in [2.75, 3.05) is 0 Å². The summed E-state index contributed by atoms with van der Waals surface area (Å²) in [5.74, 6) is 1.35. The van der Waals surface area contributed by atoms with E-state index in [4.69, 9.17) is 4.42 Å². The summed E-state index contributed by atoms with van der Waals surface area (Å²) in [6.07, 6.45) is 6.19. The fourth-order valence-corrected chi connectivity index (χ4v) is 3.73. The van der Waals surface area contributed by atoms with E-state index < -0.39 is 0 Å². The summed E-state index contributed by atoms with van der Waals surface area (Å²) in [4.78, 5) is 4.49. The van der Waals surface area contributed by atoms with Gasteiger partial charge in [-0.15, -0.1) is 5.10 Å². The Morgan fingerprint density at radius 2 is 2.05 bits per heavy atom. The quantitative estimate of drug-likeness (QED) is 0.685. The van der Waals surface area contributed by atoms with E-state index in [2.05, 4.69) is 20.5 Å². The third-order valence-electron chi connectivity index (χ3n) is 4.05. The molecule has 2 aromatic heterocycles. The molecule has 0 saturated heterocycles. The Kier molecular flexibility index (Phi) is 3.80. The second kappa shape index (κ2) is 6.08. The molecule has 2 heterocycles. The third kappa shape index (κ3) is 2.72. The molecule has 1 saturated carbocycles. The Labute approximate surface area is 132 Å². The van der Waals surface area contributed by atoms with E-state index in [1.54, 1.807) is 11.8 Å². The average molecular weight is 315 g/mol. The topological polar surface area (TPSA) is 69.6 Å². The van der Waals surface area contributed by atoms with Gasteiger partial charge in [-0.2, -0.15) is 0 Å². The molecule has 22 heavy (non-hydrogen) atoms. The van der Waals surface area contributed by atoms with Gasteiger partial charge in [0, 0.05) is 0 Å². The molecule has 7 heteroatoms. The second-order valence-corrected chi connectivity index (χ2v) is 6.50. The maximum absolute atomic E-state index is 5.74. The summed E-state index contributed by atoms with van der Waals surface area (Å²) >= 11 is 1.59. The summed E-state index contributed by atoms with van der Waals surface area (Å²) < 4.78 is 7.72. The van der Waals surface area contributed by atoms with Crippen LogP contribution in [0.15, 0.2) is 33.8 Å². The number of oxazole rings is 1. The Hall–Kier alpha value is -1.89. The first-order valence-corrected chi connectivity index (χ1v) is 8.64. The van der Waals surface area contributed by atoms with Crippen LogP contribution in [0.25, 0.3) is 11.1 Å². The lowest BCUT2D eigenvalue weighted by molar-refractivity contribution is 0.307. The zero-order chi connectivity index (χ0) is 14.8. The summed E-state index contributed by atoms with van der Waals surface area (Å²) in [6.45, 7) is 0. The molecular weight excluding hydrogens is 298 g/mol. The number of thioether (sulfide) groups is 1. The van der Waals surface area contributed by atoms with Crippen LogP contribution in [0.2, 0.25) is 0 Å². The Bertz CT molecular complexity index is 729. The normalized spacial score (nSPS) is 16.4. The molecule has 0 radical (unpaired) electrons. The lowest BCUT2D eigenvalue weighted by Crippen LogP contribution is -2.15. The van der Waals surface area contributed by atoms with E-state index in [0.29, 0.717) is 17.7 Å². The first kappa shape index (κ1) is 13.8. The Morgan fingerprint density at radius 3 is 2.91 bits per heavy atom. The van der Waals surface area contributed by atoms with Crippen molar-refractivity contribution in [2.24, 2.45) is 0 Å². The van der Waals surface area contributed by atoms with E-state index >= 15 is 0 Å². The third-order valence-corrected chi connectivity index (χ3v) is 4.96. The zero-order valence-corrected chi connectivity index (χ0v) is 13.0. The molecule has 0 N–H and O–H groups in total. The van der Waals surface area contributed by atoms with Gasteiger partial charge in [-0.25, -0.2) is 9.67 Å². The molecular formula is C15H17N5OS. The molecule has 0 atom stereocenters. The van der Waals surface area contributed by atoms with Gasteiger partial charge in [-0.05, 0) is 35.4 Å². The van der Waals surface area contributed by atoms with E-state index in [0.717, 1.165) is 16.3 Å². The van der Waals surface area contributed by atoms with Gasteiger partial charge < -0.3 is 4.42 Å². The molecule has 0 spiro atoms. The van der Waals surface area contributed by atoms with Gasteiger partial charge in [0.05, 0.1) is 11.8 Å². The second-order valence-electron chi connectivity index (χ2n) is 5.56. The van der Waals surface area contributed by atoms with Gasteiger partial charge in [-0.3, -0.25) is 0 Å². The van der Waals surface area contributed by atoms with Crippen molar-refractivity contribution in [3.8, 4) is 0 Å². The molecule has 1 aliphatic rings. The summed E-state index contributed by atoms with van der Waals surface area (Å²) in [5.41, 5.74) is 1.72. The number of rotatable bonds is 4. The van der Waals surface area contributed by atoms with E-state index in [-0.39, 0.29) is 0 Å². The predicted octanol–water partition coefficient (Wildman–Crippen LogP) is 3.61. The van der Waals surface area contributed by atoms with Gasteiger partial charge in [0.25, 0.3) is 0 Å². The molecule has 0 amide bonds. The number of tetrazole rings is 1. The summed E-state index contributed by atoms with van der Waals surface area (Å²) in [5, 5.41) is 13.0. The Balaban J connectivity index is 1.48. The van der Waals surface area contributed by atoms with Crippen LogP contribution in [0.5, 0.6) is 0 Å². The largest absolute Gasteiger partial charge is 0.440 e. The molecule has 6 nitrogen and oxygen atoms in total. The number of hydrogen-bond acceptors (Lipinski definition) is 6. The first-order chi connectivity index (χ1) is 10.9. The maximum atomic E-state index is 5.74. The SMILES string of the molecule is c1ccc2oc(CSc3nnnn3C3CCCCC3)nc2c1. The predicted molar refractivity (Wildman–Crippen MR) is 83.5 cm³/mol. The van der Waals surface area contributed by atoms with Gasteiger partial charge in [0.1, 0.15) is 5.52 Å². The van der Waals surface area contributed by atoms with E-state index in [1.165, 1.54) is 32.1 Å². The molecule has 0 unspecified atom stereocenters. The van der Waals surface area contributed by atoms with Gasteiger partial charge in [0.15, 0.2) is 5.58 Å². The van der Waals surface area contributed by atoms with Crippen molar-refractivity contribution in [1.29, 1.82) is 0 Å². The number of benzene rings is 1. The fourth-order valence-electron chi connectivity index (χ4n) is 2.94. The monoisotopic (exact) mass is 315 g/mol. The highest BCUT2D eigenvalue weighted by Gasteiger charge is 2.20. The molecule has 3 aromatic rings. The molecule has 0 bridgehead atoms. The molecule has 1 aromatic carbocycles. The van der Waals surface area contributed by atoms with Crippen LogP contribution >= 0.6 is 11.8 Å². The number of para-hydroxylation sites is 2. The van der Waals surface area contributed by atoms with Crippen molar-refractivity contribution in [2.45, 2.75) is 49.1 Å². The molecule has 1 aliphatic carbocycles. The highest BCUT2D eigenvalue weighted by molar-refractivity contribution is 7.98. The van der Waals surface area contributed by atoms with Crippen LogP contribution in [-0.2, 0) is 5.75 Å². The van der Waals surface area contributed by atoms with Gasteiger partial charge in [0.2, 0.25) is 11.0 Å². The lowest BCUT2D eigenvalue weighted by Gasteiger charge is -2.21. The van der Waals surface area contributed by atoms with Crippen molar-refractivity contribution in [1.82, 2.24) is 25.2 Å². The van der Waals surface area contributed by atoms with Crippen molar-refractivity contribution >= 4 is 22.9 Å². The fraction of sp³-hybridized carbons (Fsp3) is 0.467. The number of fused-ring (bicyclic) bond motifs is 1. The van der Waals surface area contributed by atoms with Crippen LogP contribution in [0.3, 0.4) is 0 Å². The van der Waals surface area contributed by atoms with Crippen LogP contribution in [0, 0.1) is 0 Å². The van der Waals surface area contributed by atoms with Crippen LogP contribution < -0.4 is 0 Å². The number of nitrogens with zero attached hydrogens (tertiary/aromatic N) is 5. The Morgan fingerprint density at radius 1 is 1.18 bits per heavy atom. The molecule has 0 aliphatic heterocycles. The van der Waals surface area contributed by atoms with Crippen LogP contribution in [-0.4, -0.2) is 25.2 Å². The number of hydrogen-bond donors (Lipinski definition) is 0. The van der Waals surface area contributed by atoms with Crippen molar-refractivity contribution in [3.05, 3.63) is 30.2 Å². The van der Waals surface area contributed by atoms with Crippen molar-refractivity contribution in [3.63, 3.8) is 0 Å². The maximum Gasteiger partial charge on any atom is 0.210 e. The minimum Gasteiger partial charge on any atom is -0.440 e. The highest BCUT2D eigenvalue weighted by atomic mass is 32.2. The summed E-state index contributed by atoms with van der Waals surface area (Å²) in [7, 11) is 0. The smallest absolute Gasteiger partial charge is 0.210 e.